The van der Waals surface area contributed by atoms with Crippen molar-refractivity contribution < 1.29 is 38.4 Å². The number of H-pyrrole nitrogens is 1. The van der Waals surface area contributed by atoms with E-state index in [0.717, 1.165) is 95.2 Å². The molecule has 2 amide bonds. The van der Waals surface area contributed by atoms with Crippen molar-refractivity contribution in [1.29, 1.82) is 0 Å². The van der Waals surface area contributed by atoms with E-state index in [2.05, 4.69) is 52.3 Å². The standard InChI is InChI=1S/C60H64FN13O7/c1-32(2)55(59(78)73-28-42(76)21-51(73)58(77)66-50(30-75)38-12-8-35(9-13-38)39-14-17-63-64-24-39)74-29-49(70-71-74)37-6-4-34(5-7-37)31-80-56-53(52-33(3)47(61)23-48-46(52)26-65-69-48)44(36-10-11-36)22-45-54(56)67-60(81-43-15-18-79-19-16-43)68-57(45)72-27-40-20-41(72)25-62-40/h4-9,12-14,17,22-24,26,29,32,36,40-43,50-51,55,62,75-76H,10-11,15-16,18-21,25,27-28,30-31H2,1-3H3,(H,65,69)(H,66,77)/t40-,41-,42+,50-,51-,55-/m0/s1. The third-order valence-corrected chi connectivity index (χ3v) is 16.8. The van der Waals surface area contributed by atoms with Gasteiger partial charge in [0.05, 0.1) is 62.3 Å². The van der Waals surface area contributed by atoms with E-state index in [1.54, 1.807) is 24.8 Å². The highest BCUT2D eigenvalue weighted by atomic mass is 19.1. The lowest BCUT2D eigenvalue weighted by Crippen LogP contribution is -2.50. The van der Waals surface area contributed by atoms with Crippen LogP contribution in [0.15, 0.2) is 91.5 Å². The van der Waals surface area contributed by atoms with Crippen LogP contribution in [-0.4, -0.2) is 142 Å². The summed E-state index contributed by atoms with van der Waals surface area (Å²) in [7, 11) is 0. The molecule has 5 aliphatic rings. The molecule has 4 aromatic heterocycles. The first kappa shape index (κ1) is 52.4. The molecule has 6 atom stereocenters. The van der Waals surface area contributed by atoms with Crippen molar-refractivity contribution >= 4 is 39.4 Å². The molecule has 1 saturated carbocycles. The van der Waals surface area contributed by atoms with Crippen LogP contribution < -0.4 is 25.0 Å². The summed E-state index contributed by atoms with van der Waals surface area (Å²) in [6.45, 7) is 8.16. The largest absolute Gasteiger partial charge is 0.486 e. The molecule has 21 heteroatoms. The summed E-state index contributed by atoms with van der Waals surface area (Å²) in [6.07, 6.45) is 10.1. The summed E-state index contributed by atoms with van der Waals surface area (Å²) in [5.41, 5.74) is 8.77. The van der Waals surface area contributed by atoms with E-state index in [4.69, 9.17) is 24.2 Å². The highest BCUT2D eigenvalue weighted by molar-refractivity contribution is 6.06. The molecule has 4 aromatic carbocycles. The Balaban J connectivity index is 0.785. The second kappa shape index (κ2) is 21.8. The van der Waals surface area contributed by atoms with Crippen LogP contribution in [0.3, 0.4) is 0 Å². The lowest BCUT2D eigenvalue weighted by molar-refractivity contribution is -0.142. The third kappa shape index (κ3) is 10.2. The molecule has 0 unspecified atom stereocenters. The number of anilines is 1. The van der Waals surface area contributed by atoms with Gasteiger partial charge in [0.25, 0.3) is 0 Å². The van der Waals surface area contributed by atoms with Crippen molar-refractivity contribution in [3.8, 4) is 45.3 Å². The van der Waals surface area contributed by atoms with Gasteiger partial charge in [0, 0.05) is 84.0 Å². The quantitative estimate of drug-likeness (QED) is 0.0622. The second-order valence-electron chi connectivity index (χ2n) is 22.6. The number of carbonyl (C=O) groups excluding carboxylic acids is 2. The number of halogens is 1. The predicted molar refractivity (Wildman–Crippen MR) is 299 cm³/mol. The van der Waals surface area contributed by atoms with Crippen molar-refractivity contribution in [2.75, 3.05) is 44.4 Å². The van der Waals surface area contributed by atoms with Gasteiger partial charge < -0.3 is 44.9 Å². The number of nitrogens with one attached hydrogen (secondary N) is 3. The number of likely N-dealkylation sites (tertiary alicyclic amines) is 1. The lowest BCUT2D eigenvalue weighted by atomic mass is 9.88. The Labute approximate surface area is 466 Å². The highest BCUT2D eigenvalue weighted by Crippen LogP contribution is 2.53. The Morgan fingerprint density at radius 2 is 1.72 bits per heavy atom. The molecular formula is C60H64FN13O7. The topological polar surface area (TPSA) is 244 Å². The van der Waals surface area contributed by atoms with Crippen molar-refractivity contribution in [1.82, 2.24) is 60.9 Å². The zero-order valence-electron chi connectivity index (χ0n) is 45.3. The SMILES string of the molecule is Cc1c(F)cc2[nH]ncc2c1-c1c(C2CC2)cc2c(N3C[C@@H]4C[C@H]3CN4)nc(OC3CCOCC3)nc2c1OCc1ccc(-c2cn([C@H](C(=O)N3C[C@H](O)C[C@H]3C(=O)N[C@@H](CO)c3ccc(-c4ccnnc4)cc3)C(C)C)nn2)cc1. The number of hydrogen-bond donors (Lipinski definition) is 5. The summed E-state index contributed by atoms with van der Waals surface area (Å²) in [6, 6.07) is 19.0. The van der Waals surface area contributed by atoms with Gasteiger partial charge in [0.15, 0.2) is 5.75 Å². The normalized spacial score (nSPS) is 20.9. The molecule has 2 bridgehead atoms. The van der Waals surface area contributed by atoms with Crippen LogP contribution >= 0.6 is 0 Å². The van der Waals surface area contributed by atoms with Crippen LogP contribution in [0, 0.1) is 18.7 Å². The maximum Gasteiger partial charge on any atom is 0.319 e. The Kier molecular flexibility index (Phi) is 14.1. The summed E-state index contributed by atoms with van der Waals surface area (Å²) < 4.78 is 37.1. The van der Waals surface area contributed by atoms with Crippen LogP contribution in [0.4, 0.5) is 10.2 Å². The summed E-state index contributed by atoms with van der Waals surface area (Å²) in [5, 5.41) is 53.7. The summed E-state index contributed by atoms with van der Waals surface area (Å²) in [5.74, 6) is 0.0515. The monoisotopic (exact) mass is 1100 g/mol. The zero-order valence-corrected chi connectivity index (χ0v) is 45.3. The fourth-order valence-corrected chi connectivity index (χ4v) is 12.4. The highest BCUT2D eigenvalue weighted by Gasteiger charge is 2.44. The summed E-state index contributed by atoms with van der Waals surface area (Å²) in [4.78, 5) is 42.9. The first-order valence-corrected chi connectivity index (χ1v) is 28.1. The van der Waals surface area contributed by atoms with Crippen LogP contribution in [0.1, 0.15) is 92.6 Å². The van der Waals surface area contributed by atoms with Gasteiger partial charge >= 0.3 is 6.01 Å². The van der Waals surface area contributed by atoms with Gasteiger partial charge in [-0.3, -0.25) is 14.7 Å². The Morgan fingerprint density at radius 3 is 2.43 bits per heavy atom. The number of aromatic nitrogens is 9. The molecule has 0 radical (unpaired) electrons. The number of aliphatic hydroxyl groups is 2. The Morgan fingerprint density at radius 1 is 0.914 bits per heavy atom. The first-order valence-electron chi connectivity index (χ1n) is 28.1. The fraction of sp³-hybridized carbons (Fsp3) is 0.417. The van der Waals surface area contributed by atoms with Crippen molar-refractivity contribution in [2.45, 2.75) is 114 Å². The maximum atomic E-state index is 16.2. The Hall–Kier alpha value is -7.98. The predicted octanol–water partition coefficient (Wildman–Crippen LogP) is 6.91. The van der Waals surface area contributed by atoms with E-state index < -0.39 is 30.1 Å². The number of amides is 2. The third-order valence-electron chi connectivity index (χ3n) is 16.8. The minimum Gasteiger partial charge on any atom is -0.486 e. The van der Waals surface area contributed by atoms with Crippen LogP contribution in [0.25, 0.3) is 55.3 Å². The molecule has 4 saturated heterocycles. The van der Waals surface area contributed by atoms with E-state index in [9.17, 15) is 19.8 Å². The number of nitrogens with zero attached hydrogens (tertiary/aromatic N) is 10. The molecular weight excluding hydrogens is 1030 g/mol. The van der Waals surface area contributed by atoms with E-state index in [-0.39, 0.29) is 67.9 Å². The molecule has 81 heavy (non-hydrogen) atoms. The first-order chi connectivity index (χ1) is 39.5. The molecule has 13 rings (SSSR count). The minimum absolute atomic E-state index is 0.0353. The molecule has 8 aromatic rings. The van der Waals surface area contributed by atoms with Gasteiger partial charge in [-0.2, -0.15) is 25.3 Å². The van der Waals surface area contributed by atoms with Crippen molar-refractivity contribution in [3.63, 3.8) is 0 Å². The van der Waals surface area contributed by atoms with Crippen LogP contribution in [0.2, 0.25) is 0 Å². The second-order valence-corrected chi connectivity index (χ2v) is 22.6. The average molecular weight is 1100 g/mol. The van der Waals surface area contributed by atoms with Crippen molar-refractivity contribution in [2.24, 2.45) is 5.92 Å². The van der Waals surface area contributed by atoms with E-state index in [0.29, 0.717) is 58.4 Å². The average Bonchev–Trinajstić information content (AvgIpc) is 4.15. The molecule has 5 fully saturated rings. The number of aliphatic hydroxyl groups excluding tert-OH is 2. The Bertz CT molecular complexity index is 3630. The molecule has 4 aliphatic heterocycles. The molecule has 20 nitrogen and oxygen atoms in total. The number of benzene rings is 4. The number of fused-ring (bicyclic) bond motifs is 4. The summed E-state index contributed by atoms with van der Waals surface area (Å²) >= 11 is 0. The van der Waals surface area contributed by atoms with Gasteiger partial charge in [0.2, 0.25) is 11.8 Å². The van der Waals surface area contributed by atoms with E-state index >= 15 is 4.39 Å². The van der Waals surface area contributed by atoms with Gasteiger partial charge in [-0.25, -0.2) is 9.07 Å². The van der Waals surface area contributed by atoms with Gasteiger partial charge in [-0.1, -0.05) is 67.6 Å². The van der Waals surface area contributed by atoms with Crippen LogP contribution in [-0.2, 0) is 20.9 Å². The minimum atomic E-state index is -0.989. The number of aromatic amines is 1. The molecule has 5 N–H and O–H groups in total. The number of hydrogen-bond acceptors (Lipinski definition) is 16. The van der Waals surface area contributed by atoms with Crippen molar-refractivity contribution in [3.05, 3.63) is 120 Å². The van der Waals surface area contributed by atoms with E-state index in [1.807, 2.05) is 75.4 Å². The molecule has 0 spiro atoms. The molecule has 8 heterocycles. The number of piperazine rings is 1. The molecule has 1 aliphatic carbocycles. The number of β-amino-alcohol motifs (C(OH)–C–C–N with tert-alkyl or cyclic N) is 1. The smallest absolute Gasteiger partial charge is 0.319 e. The zero-order chi connectivity index (χ0) is 55.5. The fourth-order valence-electron chi connectivity index (χ4n) is 12.4. The number of rotatable bonds is 17. The lowest BCUT2D eigenvalue weighted by Gasteiger charge is -2.31. The van der Waals surface area contributed by atoms with Gasteiger partial charge in [-0.15, -0.1) is 5.10 Å². The van der Waals surface area contributed by atoms with Gasteiger partial charge in [0.1, 0.15) is 47.6 Å². The molecule has 418 valence electrons. The number of carbonyl (C=O) groups is 2. The van der Waals surface area contributed by atoms with Gasteiger partial charge in [-0.05, 0) is 84.0 Å². The van der Waals surface area contributed by atoms with Crippen LogP contribution in [0.5, 0.6) is 11.8 Å². The number of ether oxygens (including phenoxy) is 3. The maximum absolute atomic E-state index is 16.2. The van der Waals surface area contributed by atoms with E-state index in [1.165, 1.54) is 15.6 Å².